The molecule has 1 heterocycles. The lowest BCUT2D eigenvalue weighted by molar-refractivity contribution is -0.393. The van der Waals surface area contributed by atoms with Crippen LogP contribution in [0.3, 0.4) is 0 Å². The number of piperazine rings is 1. The molecule has 2 aliphatic rings. The number of hydrogen-bond acceptors (Lipinski definition) is 7. The van der Waals surface area contributed by atoms with Gasteiger partial charge in [0.1, 0.15) is 0 Å². The highest BCUT2D eigenvalue weighted by molar-refractivity contribution is 5.79. The normalized spacial score (nSPS) is 19.0. The van der Waals surface area contributed by atoms with Gasteiger partial charge in [0, 0.05) is 44.4 Å². The second-order valence-electron chi connectivity index (χ2n) is 7.84. The maximum absolute atomic E-state index is 11.7. The van der Waals surface area contributed by atoms with E-state index >= 15 is 0 Å². The van der Waals surface area contributed by atoms with Gasteiger partial charge in [-0.05, 0) is 31.2 Å². The van der Waals surface area contributed by atoms with Crippen molar-refractivity contribution in [1.29, 1.82) is 0 Å². The molecule has 0 radical (unpaired) electrons. The van der Waals surface area contributed by atoms with Crippen LogP contribution in [-0.4, -0.2) is 52.6 Å². The van der Waals surface area contributed by atoms with Crippen molar-refractivity contribution in [2.24, 2.45) is 5.92 Å². The van der Waals surface area contributed by atoms with E-state index in [1.54, 1.807) is 4.90 Å². The highest BCUT2D eigenvalue weighted by Gasteiger charge is 2.35. The van der Waals surface area contributed by atoms with Gasteiger partial charge in [-0.1, -0.05) is 19.3 Å². The molecule has 28 heavy (non-hydrogen) atoms. The zero-order valence-electron chi connectivity index (χ0n) is 16.3. The van der Waals surface area contributed by atoms with Crippen molar-refractivity contribution in [3.8, 4) is 0 Å². The van der Waals surface area contributed by atoms with Crippen LogP contribution in [0, 0.1) is 33.1 Å². The number of hydrogen-bond donors (Lipinski definition) is 1. The molecule has 0 aromatic heterocycles. The number of aliphatic hydroxyl groups excluding tert-OH is 1. The summed E-state index contributed by atoms with van der Waals surface area (Å²) in [6.07, 6.45) is 6.43. The monoisotopic (exact) mass is 392 g/mol. The summed E-state index contributed by atoms with van der Waals surface area (Å²) in [5.41, 5.74) is 0.0129. The van der Waals surface area contributed by atoms with Crippen molar-refractivity contribution in [1.82, 2.24) is 4.90 Å². The first kappa shape index (κ1) is 20.5. The average Bonchev–Trinajstić information content (AvgIpc) is 2.68. The Bertz CT molecular complexity index is 740. The van der Waals surface area contributed by atoms with Crippen molar-refractivity contribution in [3.05, 3.63) is 37.4 Å². The van der Waals surface area contributed by atoms with E-state index in [0.717, 1.165) is 25.6 Å². The largest absolute Gasteiger partial charge is 0.392 e. The number of nitro groups is 2. The van der Waals surface area contributed by atoms with Gasteiger partial charge < -0.3 is 10.0 Å². The Balaban J connectivity index is 1.82. The molecule has 1 saturated carbocycles. The highest BCUT2D eigenvalue weighted by Crippen LogP contribution is 2.42. The first-order valence-electron chi connectivity index (χ1n) is 9.95. The van der Waals surface area contributed by atoms with E-state index in [9.17, 15) is 25.3 Å². The van der Waals surface area contributed by atoms with Crippen molar-refractivity contribution >= 4 is 17.1 Å². The molecule has 1 aromatic carbocycles. The summed E-state index contributed by atoms with van der Waals surface area (Å²) in [5.74, 6) is 0.718. The van der Waals surface area contributed by atoms with Crippen molar-refractivity contribution in [2.45, 2.75) is 45.6 Å². The predicted octanol–water partition coefficient (Wildman–Crippen LogP) is 3.01. The first-order valence-corrected chi connectivity index (χ1v) is 9.95. The van der Waals surface area contributed by atoms with Gasteiger partial charge in [-0.2, -0.15) is 0 Å². The van der Waals surface area contributed by atoms with E-state index in [1.807, 2.05) is 0 Å². The molecule has 1 aliphatic carbocycles. The Labute approximate surface area is 164 Å². The smallest absolute Gasteiger partial charge is 0.302 e. The van der Waals surface area contributed by atoms with E-state index in [2.05, 4.69) is 4.90 Å². The lowest BCUT2D eigenvalue weighted by Gasteiger charge is -2.38. The molecule has 9 nitrogen and oxygen atoms in total. The van der Waals surface area contributed by atoms with Crippen LogP contribution in [-0.2, 0) is 6.61 Å². The summed E-state index contributed by atoms with van der Waals surface area (Å²) >= 11 is 0. The number of anilines is 1. The fourth-order valence-corrected chi connectivity index (χ4v) is 4.52. The Morgan fingerprint density at radius 3 is 2.25 bits per heavy atom. The summed E-state index contributed by atoms with van der Waals surface area (Å²) in [7, 11) is 0. The predicted molar refractivity (Wildman–Crippen MR) is 106 cm³/mol. The lowest BCUT2D eigenvalue weighted by atomic mass is 9.89. The van der Waals surface area contributed by atoms with Crippen molar-refractivity contribution < 1.29 is 15.0 Å². The van der Waals surface area contributed by atoms with E-state index < -0.39 is 16.5 Å². The van der Waals surface area contributed by atoms with E-state index in [4.69, 9.17) is 0 Å². The topological polar surface area (TPSA) is 113 Å². The van der Waals surface area contributed by atoms with Gasteiger partial charge >= 0.3 is 5.69 Å². The molecule has 9 heteroatoms. The van der Waals surface area contributed by atoms with Gasteiger partial charge in [-0.25, -0.2) is 0 Å². The lowest BCUT2D eigenvalue weighted by Crippen LogP contribution is -2.48. The third-order valence-corrected chi connectivity index (χ3v) is 6.09. The van der Waals surface area contributed by atoms with E-state index in [-0.39, 0.29) is 28.2 Å². The van der Waals surface area contributed by atoms with Crippen LogP contribution in [0.1, 0.15) is 43.2 Å². The van der Waals surface area contributed by atoms with Gasteiger partial charge in [0.2, 0.25) is 0 Å². The number of aliphatic hydroxyl groups is 1. The Kier molecular flexibility index (Phi) is 6.46. The number of benzene rings is 1. The molecule has 0 atom stereocenters. The molecular formula is C19H28N4O5. The van der Waals surface area contributed by atoms with Crippen LogP contribution < -0.4 is 4.90 Å². The van der Waals surface area contributed by atoms with Gasteiger partial charge in [0.25, 0.3) is 5.69 Å². The molecule has 2 fully saturated rings. The molecule has 0 bridgehead atoms. The van der Waals surface area contributed by atoms with Gasteiger partial charge in [-0.15, -0.1) is 0 Å². The highest BCUT2D eigenvalue weighted by atomic mass is 16.6. The van der Waals surface area contributed by atoms with Gasteiger partial charge in [0.05, 0.1) is 16.5 Å². The number of nitro benzene ring substituents is 2. The maximum atomic E-state index is 11.7. The Morgan fingerprint density at radius 1 is 1.07 bits per heavy atom. The molecule has 1 aromatic rings. The summed E-state index contributed by atoms with van der Waals surface area (Å²) in [6, 6.07) is 1.27. The zero-order valence-corrected chi connectivity index (χ0v) is 16.3. The molecule has 3 rings (SSSR count). The summed E-state index contributed by atoms with van der Waals surface area (Å²) in [4.78, 5) is 26.3. The maximum Gasteiger partial charge on any atom is 0.302 e. The van der Waals surface area contributed by atoms with Crippen LogP contribution in [0.4, 0.5) is 17.1 Å². The molecule has 0 amide bonds. The third kappa shape index (κ3) is 4.25. The van der Waals surface area contributed by atoms with Crippen LogP contribution in [0.15, 0.2) is 6.07 Å². The zero-order chi connectivity index (χ0) is 20.3. The molecule has 1 N–H and O–H groups in total. The second kappa shape index (κ2) is 8.83. The SMILES string of the molecule is Cc1c(CO)cc([N+](=O)[O-])c(N2CCN(CC3CCCCC3)CC2)c1[N+](=O)[O-]. The Hall–Kier alpha value is -2.26. The van der Waals surface area contributed by atoms with Crippen LogP contribution in [0.2, 0.25) is 0 Å². The molecule has 0 spiro atoms. The molecule has 0 unspecified atom stereocenters. The summed E-state index contributed by atoms with van der Waals surface area (Å²) in [6.45, 7) is 4.63. The summed E-state index contributed by atoms with van der Waals surface area (Å²) in [5, 5.41) is 32.8. The fraction of sp³-hybridized carbons (Fsp3) is 0.684. The standard InChI is InChI=1S/C19H28N4O5/c1-14-16(13-24)11-17(22(25)26)19(18(14)23(27)28)21-9-7-20(8-10-21)12-15-5-3-2-4-6-15/h11,15,24H,2-10,12-13H2,1H3. The van der Waals surface area contributed by atoms with Gasteiger partial charge in [-0.3, -0.25) is 25.1 Å². The van der Waals surface area contributed by atoms with Crippen LogP contribution >= 0.6 is 0 Å². The van der Waals surface area contributed by atoms with Crippen molar-refractivity contribution in [3.63, 3.8) is 0 Å². The number of rotatable bonds is 6. The van der Waals surface area contributed by atoms with E-state index in [0.29, 0.717) is 13.1 Å². The molecule has 154 valence electrons. The van der Waals surface area contributed by atoms with Crippen molar-refractivity contribution in [2.75, 3.05) is 37.6 Å². The molecule has 1 saturated heterocycles. The van der Waals surface area contributed by atoms with E-state index in [1.165, 1.54) is 45.1 Å². The second-order valence-corrected chi connectivity index (χ2v) is 7.84. The average molecular weight is 392 g/mol. The quantitative estimate of drug-likeness (QED) is 0.585. The van der Waals surface area contributed by atoms with Gasteiger partial charge in [0.15, 0.2) is 5.69 Å². The molecular weight excluding hydrogens is 364 g/mol. The summed E-state index contributed by atoms with van der Waals surface area (Å²) < 4.78 is 0. The minimum Gasteiger partial charge on any atom is -0.392 e. The van der Waals surface area contributed by atoms with Crippen LogP contribution in [0.25, 0.3) is 0 Å². The van der Waals surface area contributed by atoms with Crippen LogP contribution in [0.5, 0.6) is 0 Å². The third-order valence-electron chi connectivity index (χ3n) is 6.09. The Morgan fingerprint density at radius 2 is 1.71 bits per heavy atom. The fourth-order valence-electron chi connectivity index (χ4n) is 4.52. The number of nitrogens with zero attached hydrogens (tertiary/aromatic N) is 4. The molecule has 1 aliphatic heterocycles. The minimum atomic E-state index is -0.588. The first-order chi connectivity index (χ1) is 13.4. The minimum absolute atomic E-state index is 0.0713.